The Hall–Kier alpha value is -1.88. The number of hydrogen-bond acceptors (Lipinski definition) is 3. The van der Waals surface area contributed by atoms with E-state index in [1.54, 1.807) is 18.3 Å². The van der Waals surface area contributed by atoms with Gasteiger partial charge in [-0.1, -0.05) is 22.0 Å². The van der Waals surface area contributed by atoms with Gasteiger partial charge in [-0.2, -0.15) is 0 Å². The van der Waals surface area contributed by atoms with Gasteiger partial charge in [-0.25, -0.2) is 4.98 Å². The summed E-state index contributed by atoms with van der Waals surface area (Å²) in [5.74, 6) is 1.32. The molecule has 0 unspecified atom stereocenters. The Morgan fingerprint density at radius 2 is 2.11 bits per heavy atom. The highest BCUT2D eigenvalue weighted by molar-refractivity contribution is 9.10. The van der Waals surface area contributed by atoms with Crippen molar-refractivity contribution >= 4 is 21.8 Å². The van der Waals surface area contributed by atoms with Gasteiger partial charge in [0.15, 0.2) is 0 Å². The van der Waals surface area contributed by atoms with Crippen LogP contribution >= 0.6 is 15.9 Å². The topological polar surface area (TPSA) is 72.0 Å². The van der Waals surface area contributed by atoms with Gasteiger partial charge in [-0.3, -0.25) is 5.41 Å². The lowest BCUT2D eigenvalue weighted by Gasteiger charge is -2.09. The number of nitrogens with zero attached hydrogens (tertiary/aromatic N) is 1. The third-order valence-corrected chi connectivity index (χ3v) is 2.88. The van der Waals surface area contributed by atoms with Gasteiger partial charge in [0.25, 0.3) is 0 Å². The van der Waals surface area contributed by atoms with Crippen LogP contribution in [0.15, 0.2) is 41.0 Å². The molecule has 2 rings (SSSR count). The highest BCUT2D eigenvalue weighted by Gasteiger charge is 2.04. The molecule has 92 valence electrons. The zero-order valence-corrected chi connectivity index (χ0v) is 11.4. The van der Waals surface area contributed by atoms with Crippen molar-refractivity contribution in [3.63, 3.8) is 0 Å². The van der Waals surface area contributed by atoms with Gasteiger partial charge in [-0.15, -0.1) is 0 Å². The number of rotatable bonds is 3. The van der Waals surface area contributed by atoms with E-state index >= 15 is 0 Å². The Bertz CT molecular complexity index is 581. The molecule has 1 aromatic carbocycles. The van der Waals surface area contributed by atoms with Gasteiger partial charge in [0.1, 0.15) is 23.0 Å². The Morgan fingerprint density at radius 3 is 2.72 bits per heavy atom. The van der Waals surface area contributed by atoms with Gasteiger partial charge in [-0.05, 0) is 36.8 Å². The number of nitrogens with one attached hydrogen (secondary N) is 1. The van der Waals surface area contributed by atoms with Crippen LogP contribution in [-0.2, 0) is 0 Å². The predicted molar refractivity (Wildman–Crippen MR) is 74.2 cm³/mol. The largest absolute Gasteiger partial charge is 0.455 e. The summed E-state index contributed by atoms with van der Waals surface area (Å²) in [7, 11) is 0. The van der Waals surface area contributed by atoms with E-state index in [0.29, 0.717) is 11.4 Å². The van der Waals surface area contributed by atoms with E-state index < -0.39 is 0 Å². The second-order valence-corrected chi connectivity index (χ2v) is 4.72. The molecule has 1 aromatic heterocycles. The quantitative estimate of drug-likeness (QED) is 0.675. The SMILES string of the molecule is Cc1ccc(Br)cc1Oc1ccc(C(=N)N)nc1. The maximum Gasteiger partial charge on any atom is 0.145 e. The van der Waals surface area contributed by atoms with Crippen molar-refractivity contribution < 1.29 is 4.74 Å². The van der Waals surface area contributed by atoms with Gasteiger partial charge in [0, 0.05) is 4.47 Å². The van der Waals surface area contributed by atoms with Gasteiger partial charge in [0.2, 0.25) is 0 Å². The average molecular weight is 306 g/mol. The molecule has 1 heterocycles. The van der Waals surface area contributed by atoms with Crippen LogP contribution in [0.1, 0.15) is 11.3 Å². The number of amidine groups is 1. The average Bonchev–Trinajstić information content (AvgIpc) is 2.34. The number of nitrogens with two attached hydrogens (primary N) is 1. The highest BCUT2D eigenvalue weighted by atomic mass is 79.9. The Balaban J connectivity index is 2.23. The smallest absolute Gasteiger partial charge is 0.145 e. The monoisotopic (exact) mass is 305 g/mol. The van der Waals surface area contributed by atoms with Gasteiger partial charge < -0.3 is 10.5 Å². The second-order valence-electron chi connectivity index (χ2n) is 3.80. The van der Waals surface area contributed by atoms with Crippen molar-refractivity contribution in [3.05, 3.63) is 52.3 Å². The molecular weight excluding hydrogens is 294 g/mol. The number of halogens is 1. The normalized spacial score (nSPS) is 10.1. The Labute approximate surface area is 113 Å². The van der Waals surface area contributed by atoms with E-state index in [9.17, 15) is 0 Å². The summed E-state index contributed by atoms with van der Waals surface area (Å²) in [5, 5.41) is 7.26. The molecule has 0 atom stereocenters. The molecular formula is C13H12BrN3O. The minimum Gasteiger partial charge on any atom is -0.455 e. The third-order valence-electron chi connectivity index (χ3n) is 2.39. The fourth-order valence-electron chi connectivity index (χ4n) is 1.41. The predicted octanol–water partition coefficient (Wildman–Crippen LogP) is 3.23. The molecule has 0 saturated carbocycles. The molecule has 0 aliphatic rings. The minimum atomic E-state index is -0.0554. The minimum absolute atomic E-state index is 0.0554. The molecule has 0 spiro atoms. The lowest BCUT2D eigenvalue weighted by Crippen LogP contribution is -2.12. The fraction of sp³-hybridized carbons (Fsp3) is 0.0769. The lowest BCUT2D eigenvalue weighted by molar-refractivity contribution is 0.476. The van der Waals surface area contributed by atoms with Crippen molar-refractivity contribution in [2.45, 2.75) is 6.92 Å². The standard InChI is InChI=1S/C13H12BrN3O/c1-8-2-3-9(14)6-12(8)18-10-4-5-11(13(15)16)17-7-10/h2-7H,1H3,(H3,15,16). The third kappa shape index (κ3) is 2.87. The first-order chi connectivity index (χ1) is 8.56. The number of pyridine rings is 1. The molecule has 0 bridgehead atoms. The van der Waals surface area contributed by atoms with Crippen LogP contribution in [-0.4, -0.2) is 10.8 Å². The lowest BCUT2D eigenvalue weighted by atomic mass is 10.2. The maximum absolute atomic E-state index is 7.26. The Morgan fingerprint density at radius 1 is 1.33 bits per heavy atom. The van der Waals surface area contributed by atoms with Crippen LogP contribution < -0.4 is 10.5 Å². The maximum atomic E-state index is 7.26. The van der Waals surface area contributed by atoms with Crippen LogP contribution in [0.25, 0.3) is 0 Å². The number of nitrogen functional groups attached to an aromatic ring is 1. The molecule has 4 nitrogen and oxygen atoms in total. The first-order valence-electron chi connectivity index (χ1n) is 5.31. The molecule has 0 fully saturated rings. The van der Waals surface area contributed by atoms with E-state index in [-0.39, 0.29) is 5.84 Å². The summed E-state index contributed by atoms with van der Waals surface area (Å²) in [6.07, 6.45) is 1.55. The van der Waals surface area contributed by atoms with Crippen molar-refractivity contribution in [1.82, 2.24) is 4.98 Å². The van der Waals surface area contributed by atoms with E-state index in [2.05, 4.69) is 20.9 Å². The zero-order valence-electron chi connectivity index (χ0n) is 9.77. The molecule has 18 heavy (non-hydrogen) atoms. The second kappa shape index (κ2) is 5.18. The van der Waals surface area contributed by atoms with Crippen LogP contribution in [0.3, 0.4) is 0 Å². The highest BCUT2D eigenvalue weighted by Crippen LogP contribution is 2.27. The number of benzene rings is 1. The first kappa shape index (κ1) is 12.6. The molecule has 0 radical (unpaired) electrons. The van der Waals surface area contributed by atoms with Gasteiger partial charge in [0.05, 0.1) is 6.20 Å². The molecule has 3 N–H and O–H groups in total. The number of ether oxygens (including phenoxy) is 1. The van der Waals surface area contributed by atoms with Crippen LogP contribution in [0.5, 0.6) is 11.5 Å². The number of aromatic nitrogens is 1. The van der Waals surface area contributed by atoms with Crippen molar-refractivity contribution in [2.24, 2.45) is 5.73 Å². The van der Waals surface area contributed by atoms with Crippen LogP contribution in [0, 0.1) is 12.3 Å². The van der Waals surface area contributed by atoms with E-state index in [0.717, 1.165) is 15.8 Å². The van der Waals surface area contributed by atoms with Crippen LogP contribution in [0.2, 0.25) is 0 Å². The van der Waals surface area contributed by atoms with Crippen LogP contribution in [0.4, 0.5) is 0 Å². The summed E-state index contributed by atoms with van der Waals surface area (Å²) in [5.41, 5.74) is 6.81. The van der Waals surface area contributed by atoms with E-state index in [1.807, 2.05) is 25.1 Å². The van der Waals surface area contributed by atoms with E-state index in [1.165, 1.54) is 0 Å². The molecule has 2 aromatic rings. The summed E-state index contributed by atoms with van der Waals surface area (Å²) in [6.45, 7) is 1.97. The molecule has 0 aliphatic carbocycles. The van der Waals surface area contributed by atoms with Crippen molar-refractivity contribution in [2.75, 3.05) is 0 Å². The van der Waals surface area contributed by atoms with Gasteiger partial charge >= 0.3 is 0 Å². The Kier molecular flexibility index (Phi) is 3.62. The summed E-state index contributed by atoms with van der Waals surface area (Å²) in [6, 6.07) is 9.22. The number of aryl methyl sites for hydroxylation is 1. The molecule has 0 amide bonds. The van der Waals surface area contributed by atoms with Crippen molar-refractivity contribution in [1.29, 1.82) is 5.41 Å². The molecule has 0 aliphatic heterocycles. The first-order valence-corrected chi connectivity index (χ1v) is 6.10. The molecule has 0 saturated heterocycles. The number of hydrogen-bond donors (Lipinski definition) is 2. The molecule has 5 heteroatoms. The van der Waals surface area contributed by atoms with Crippen molar-refractivity contribution in [3.8, 4) is 11.5 Å². The van der Waals surface area contributed by atoms with E-state index in [4.69, 9.17) is 15.9 Å². The summed E-state index contributed by atoms with van der Waals surface area (Å²) >= 11 is 3.40. The zero-order chi connectivity index (χ0) is 13.1. The fourth-order valence-corrected chi connectivity index (χ4v) is 1.75. The summed E-state index contributed by atoms with van der Waals surface area (Å²) in [4.78, 5) is 4.04. The summed E-state index contributed by atoms with van der Waals surface area (Å²) < 4.78 is 6.68.